The number of hydrogen-bond donors (Lipinski definition) is 2. The van der Waals surface area contributed by atoms with Crippen molar-refractivity contribution in [1.82, 2.24) is 4.98 Å². The first kappa shape index (κ1) is 16.7. The lowest BCUT2D eigenvalue weighted by Gasteiger charge is -2.08. The van der Waals surface area contributed by atoms with Crippen LogP contribution in [0.3, 0.4) is 0 Å². The lowest BCUT2D eigenvalue weighted by Crippen LogP contribution is -2.13. The highest BCUT2D eigenvalue weighted by Gasteiger charge is 2.14. The van der Waals surface area contributed by atoms with E-state index in [9.17, 15) is 4.79 Å². The predicted octanol–water partition coefficient (Wildman–Crippen LogP) is 3.53. The van der Waals surface area contributed by atoms with Crippen molar-refractivity contribution in [2.45, 2.75) is 19.6 Å². The molecule has 1 atom stereocenters. The van der Waals surface area contributed by atoms with Gasteiger partial charge in [-0.25, -0.2) is 4.98 Å². The molecule has 0 saturated heterocycles. The molecule has 6 heteroatoms. The third-order valence-electron chi connectivity index (χ3n) is 3.50. The molecule has 0 fully saturated rings. The quantitative estimate of drug-likeness (QED) is 0.718. The van der Waals surface area contributed by atoms with Gasteiger partial charge in [-0.15, -0.1) is 0 Å². The smallest absolute Gasteiger partial charge is 0.277 e. The second-order valence-corrected chi connectivity index (χ2v) is 5.61. The molecule has 2 aromatic carbocycles. The highest BCUT2D eigenvalue weighted by molar-refractivity contribution is 6.02. The average molecular weight is 337 g/mol. The van der Waals surface area contributed by atoms with E-state index in [4.69, 9.17) is 14.9 Å². The van der Waals surface area contributed by atoms with Crippen LogP contribution in [-0.4, -0.2) is 10.9 Å². The van der Waals surface area contributed by atoms with Crippen LogP contribution in [0.15, 0.2) is 65.3 Å². The molecule has 128 valence electrons. The first-order chi connectivity index (χ1) is 12.1. The number of nitrogens with one attached hydrogen (secondary N) is 1. The number of anilines is 1. The molecule has 1 amide bonds. The monoisotopic (exact) mass is 337 g/mol. The van der Waals surface area contributed by atoms with Gasteiger partial charge in [-0.1, -0.05) is 30.3 Å². The van der Waals surface area contributed by atoms with Crippen molar-refractivity contribution in [2.24, 2.45) is 5.73 Å². The van der Waals surface area contributed by atoms with E-state index in [1.54, 1.807) is 31.2 Å². The van der Waals surface area contributed by atoms with E-state index in [1.165, 1.54) is 6.26 Å². The highest BCUT2D eigenvalue weighted by Crippen LogP contribution is 2.18. The number of benzene rings is 2. The second kappa shape index (κ2) is 7.63. The van der Waals surface area contributed by atoms with Gasteiger partial charge in [0.1, 0.15) is 18.6 Å². The Morgan fingerprint density at radius 2 is 1.92 bits per heavy atom. The van der Waals surface area contributed by atoms with Gasteiger partial charge >= 0.3 is 0 Å². The summed E-state index contributed by atoms with van der Waals surface area (Å²) < 4.78 is 10.9. The predicted molar refractivity (Wildman–Crippen MR) is 94.3 cm³/mol. The number of carbonyl (C=O) groups is 1. The van der Waals surface area contributed by atoms with Crippen LogP contribution in [0, 0.1) is 0 Å². The van der Waals surface area contributed by atoms with Gasteiger partial charge in [0.05, 0.1) is 6.04 Å². The molecule has 3 aromatic rings. The minimum absolute atomic E-state index is 0.191. The molecule has 1 unspecified atom stereocenters. The molecule has 0 radical (unpaired) electrons. The Kier molecular flexibility index (Phi) is 5.11. The van der Waals surface area contributed by atoms with Gasteiger partial charge in [0.2, 0.25) is 5.89 Å². The van der Waals surface area contributed by atoms with Gasteiger partial charge in [-0.3, -0.25) is 4.79 Å². The Hall–Kier alpha value is -3.12. The molecule has 0 aliphatic rings. The maximum absolute atomic E-state index is 12.1. The van der Waals surface area contributed by atoms with Gasteiger partial charge in [-0.05, 0) is 36.8 Å². The number of ether oxygens (including phenoxy) is 1. The summed E-state index contributed by atoms with van der Waals surface area (Å²) in [5.41, 5.74) is 7.59. The second-order valence-electron chi connectivity index (χ2n) is 5.61. The number of carbonyl (C=O) groups excluding carboxylic acids is 1. The van der Waals surface area contributed by atoms with E-state index >= 15 is 0 Å². The summed E-state index contributed by atoms with van der Waals surface area (Å²) >= 11 is 0. The van der Waals surface area contributed by atoms with Crippen LogP contribution in [-0.2, 0) is 6.61 Å². The molecule has 3 N–H and O–H groups in total. The lowest BCUT2D eigenvalue weighted by atomic mass is 10.2. The van der Waals surface area contributed by atoms with E-state index in [0.29, 0.717) is 18.2 Å². The molecule has 0 saturated carbocycles. The minimum atomic E-state index is -0.359. The highest BCUT2D eigenvalue weighted by atomic mass is 16.5. The molecule has 3 rings (SSSR count). The fourth-order valence-electron chi connectivity index (χ4n) is 2.17. The maximum atomic E-state index is 12.1. The Labute approximate surface area is 145 Å². The molecule has 25 heavy (non-hydrogen) atoms. The average Bonchev–Trinajstić information content (AvgIpc) is 3.13. The van der Waals surface area contributed by atoms with E-state index < -0.39 is 0 Å². The number of aromatic nitrogens is 1. The summed E-state index contributed by atoms with van der Waals surface area (Å²) in [6.45, 7) is 2.23. The third-order valence-corrected chi connectivity index (χ3v) is 3.50. The summed E-state index contributed by atoms with van der Waals surface area (Å²) in [6, 6.07) is 16.7. The van der Waals surface area contributed by atoms with Crippen molar-refractivity contribution in [3.63, 3.8) is 0 Å². The SMILES string of the molecule is CC(N)c1nc(C(=O)Nc2ccc(OCc3ccccc3)cc2)co1. The summed E-state index contributed by atoms with van der Waals surface area (Å²) in [6.07, 6.45) is 1.30. The molecular formula is C19H19N3O3. The maximum Gasteiger partial charge on any atom is 0.277 e. The van der Waals surface area contributed by atoms with E-state index in [-0.39, 0.29) is 17.6 Å². The lowest BCUT2D eigenvalue weighted by molar-refractivity contribution is 0.102. The van der Waals surface area contributed by atoms with Crippen LogP contribution in [0.5, 0.6) is 5.75 Å². The fourth-order valence-corrected chi connectivity index (χ4v) is 2.17. The standard InChI is InChI=1S/C19H19N3O3/c1-13(20)19-22-17(12-25-19)18(23)21-15-7-9-16(10-8-15)24-11-14-5-3-2-4-6-14/h2-10,12-13H,11,20H2,1H3,(H,21,23). The number of amides is 1. The zero-order valence-electron chi connectivity index (χ0n) is 13.8. The molecule has 0 aliphatic carbocycles. The van der Waals surface area contributed by atoms with Gasteiger partial charge in [0.15, 0.2) is 5.69 Å². The van der Waals surface area contributed by atoms with Crippen molar-refractivity contribution in [2.75, 3.05) is 5.32 Å². The van der Waals surface area contributed by atoms with Gasteiger partial charge in [-0.2, -0.15) is 0 Å². The third kappa shape index (κ3) is 4.45. The van der Waals surface area contributed by atoms with Crippen LogP contribution in [0.4, 0.5) is 5.69 Å². The molecule has 1 heterocycles. The zero-order valence-corrected chi connectivity index (χ0v) is 13.8. The normalized spacial score (nSPS) is 11.8. The number of oxazole rings is 1. The zero-order chi connectivity index (χ0) is 17.6. The molecule has 6 nitrogen and oxygen atoms in total. The Morgan fingerprint density at radius 1 is 1.20 bits per heavy atom. The van der Waals surface area contributed by atoms with Crippen LogP contribution >= 0.6 is 0 Å². The number of hydrogen-bond acceptors (Lipinski definition) is 5. The van der Waals surface area contributed by atoms with Gasteiger partial charge in [0, 0.05) is 5.69 Å². The Balaban J connectivity index is 1.57. The van der Waals surface area contributed by atoms with E-state index in [0.717, 1.165) is 11.3 Å². The van der Waals surface area contributed by atoms with Crippen molar-refractivity contribution in [1.29, 1.82) is 0 Å². The summed E-state index contributed by atoms with van der Waals surface area (Å²) in [7, 11) is 0. The van der Waals surface area contributed by atoms with Crippen LogP contribution in [0.2, 0.25) is 0 Å². The minimum Gasteiger partial charge on any atom is -0.489 e. The van der Waals surface area contributed by atoms with Gasteiger partial charge < -0.3 is 20.2 Å². The van der Waals surface area contributed by atoms with Crippen molar-refractivity contribution in [3.8, 4) is 5.75 Å². The van der Waals surface area contributed by atoms with Crippen LogP contribution < -0.4 is 15.8 Å². The van der Waals surface area contributed by atoms with Gasteiger partial charge in [0.25, 0.3) is 5.91 Å². The number of nitrogens with zero attached hydrogens (tertiary/aromatic N) is 1. The number of nitrogens with two attached hydrogens (primary N) is 1. The largest absolute Gasteiger partial charge is 0.489 e. The Bertz CT molecular complexity index is 827. The molecule has 0 aliphatic heterocycles. The molecule has 0 spiro atoms. The summed E-state index contributed by atoms with van der Waals surface area (Å²) in [5, 5.41) is 2.75. The van der Waals surface area contributed by atoms with Crippen molar-refractivity contribution in [3.05, 3.63) is 78.0 Å². The summed E-state index contributed by atoms with van der Waals surface area (Å²) in [4.78, 5) is 16.2. The first-order valence-corrected chi connectivity index (χ1v) is 7.91. The van der Waals surface area contributed by atoms with Crippen molar-refractivity contribution >= 4 is 11.6 Å². The van der Waals surface area contributed by atoms with E-state index in [2.05, 4.69) is 10.3 Å². The fraction of sp³-hybridized carbons (Fsp3) is 0.158. The number of rotatable bonds is 6. The molecule has 0 bridgehead atoms. The molecular weight excluding hydrogens is 318 g/mol. The van der Waals surface area contributed by atoms with E-state index in [1.807, 2.05) is 30.3 Å². The molecule has 1 aromatic heterocycles. The Morgan fingerprint density at radius 3 is 2.56 bits per heavy atom. The van der Waals surface area contributed by atoms with Crippen molar-refractivity contribution < 1.29 is 13.9 Å². The van der Waals surface area contributed by atoms with Crippen LogP contribution in [0.1, 0.15) is 34.9 Å². The summed E-state index contributed by atoms with van der Waals surface area (Å²) in [5.74, 6) is 0.700. The topological polar surface area (TPSA) is 90.4 Å². The van der Waals surface area contributed by atoms with Crippen LogP contribution in [0.25, 0.3) is 0 Å². The first-order valence-electron chi connectivity index (χ1n) is 7.91.